The van der Waals surface area contributed by atoms with Crippen molar-refractivity contribution in [2.45, 2.75) is 58.3 Å². The van der Waals surface area contributed by atoms with Gasteiger partial charge in [-0.15, -0.1) is 0 Å². The Labute approximate surface area is 121 Å². The molecule has 1 saturated carbocycles. The topological polar surface area (TPSA) is 21.3 Å². The Morgan fingerprint density at radius 2 is 1.95 bits per heavy atom. The molecule has 0 amide bonds. The number of rotatable bonds is 8. The first-order valence-electron chi connectivity index (χ1n) is 7.69. The molecule has 1 aliphatic rings. The first kappa shape index (κ1) is 15.5. The second-order valence-electron chi connectivity index (χ2n) is 6.27. The van der Waals surface area contributed by atoms with Crippen molar-refractivity contribution in [2.75, 3.05) is 6.54 Å². The highest BCUT2D eigenvalue weighted by Crippen LogP contribution is 2.26. The average molecular weight is 279 g/mol. The zero-order valence-electron chi connectivity index (χ0n) is 12.7. The van der Waals surface area contributed by atoms with Gasteiger partial charge in [0, 0.05) is 18.2 Å². The molecule has 2 unspecified atom stereocenters. The zero-order chi connectivity index (χ0) is 14.5. The van der Waals surface area contributed by atoms with E-state index in [1.807, 2.05) is 12.1 Å². The minimum absolute atomic E-state index is 0.139. The Hall–Kier alpha value is -0.930. The maximum Gasteiger partial charge on any atom is 0.129 e. The molecule has 0 heterocycles. The van der Waals surface area contributed by atoms with Crippen LogP contribution in [0, 0.1) is 11.7 Å². The number of hydrogen-bond donors (Lipinski definition) is 1. The van der Waals surface area contributed by atoms with Gasteiger partial charge in [0.15, 0.2) is 0 Å². The largest absolute Gasteiger partial charge is 0.369 e. The molecule has 0 spiro atoms. The maximum atomic E-state index is 14.0. The van der Waals surface area contributed by atoms with Crippen LogP contribution in [0.15, 0.2) is 24.3 Å². The number of benzene rings is 1. The van der Waals surface area contributed by atoms with E-state index < -0.39 is 0 Å². The molecule has 2 nitrogen and oxygen atoms in total. The lowest BCUT2D eigenvalue weighted by molar-refractivity contribution is -0.0144. The normalized spacial score (nSPS) is 18.2. The molecule has 2 rings (SSSR count). The molecule has 0 radical (unpaired) electrons. The fourth-order valence-corrected chi connectivity index (χ4v) is 2.53. The molecule has 1 aliphatic carbocycles. The van der Waals surface area contributed by atoms with Crippen LogP contribution in [0.4, 0.5) is 4.39 Å². The molecule has 112 valence electrons. The number of ether oxygens (including phenoxy) is 1. The van der Waals surface area contributed by atoms with E-state index >= 15 is 0 Å². The lowest BCUT2D eigenvalue weighted by Gasteiger charge is -2.24. The summed E-state index contributed by atoms with van der Waals surface area (Å²) in [4.78, 5) is 0. The van der Waals surface area contributed by atoms with E-state index in [1.165, 1.54) is 18.9 Å². The molecule has 0 bridgehead atoms. The molecular formula is C17H26FNO. The Morgan fingerprint density at radius 1 is 1.25 bits per heavy atom. The molecule has 1 fully saturated rings. The number of halogens is 1. The van der Waals surface area contributed by atoms with Crippen molar-refractivity contribution >= 4 is 0 Å². The summed E-state index contributed by atoms with van der Waals surface area (Å²) in [6, 6.07) is 7.54. The Balaban J connectivity index is 2.01. The van der Waals surface area contributed by atoms with E-state index in [2.05, 4.69) is 26.1 Å². The van der Waals surface area contributed by atoms with Gasteiger partial charge in [0.1, 0.15) is 5.82 Å². The fourth-order valence-electron chi connectivity index (χ4n) is 2.53. The monoisotopic (exact) mass is 279 g/mol. The molecule has 2 atom stereocenters. The minimum Gasteiger partial charge on any atom is -0.369 e. The third-order valence-corrected chi connectivity index (χ3v) is 3.62. The van der Waals surface area contributed by atoms with Crippen LogP contribution in [-0.4, -0.2) is 18.7 Å². The molecule has 0 aromatic heterocycles. The summed E-state index contributed by atoms with van der Waals surface area (Å²) in [5, 5.41) is 3.45. The van der Waals surface area contributed by atoms with Crippen LogP contribution < -0.4 is 5.32 Å². The molecule has 1 aromatic carbocycles. The second kappa shape index (κ2) is 7.19. The first-order valence-corrected chi connectivity index (χ1v) is 7.69. The molecule has 1 N–H and O–H groups in total. The quantitative estimate of drug-likeness (QED) is 0.774. The first-order chi connectivity index (χ1) is 9.56. The van der Waals surface area contributed by atoms with Crippen molar-refractivity contribution in [2.24, 2.45) is 5.92 Å². The van der Waals surface area contributed by atoms with Crippen LogP contribution in [0.5, 0.6) is 0 Å². The summed E-state index contributed by atoms with van der Waals surface area (Å²) in [6.45, 7) is 7.12. The molecule has 1 aromatic rings. The lowest BCUT2D eigenvalue weighted by atomic mass is 10.1. The smallest absolute Gasteiger partial charge is 0.129 e. The third-order valence-electron chi connectivity index (χ3n) is 3.62. The number of hydrogen-bond acceptors (Lipinski definition) is 2. The van der Waals surface area contributed by atoms with Gasteiger partial charge >= 0.3 is 0 Å². The van der Waals surface area contributed by atoms with Gasteiger partial charge in [-0.1, -0.05) is 32.0 Å². The summed E-state index contributed by atoms with van der Waals surface area (Å²) < 4.78 is 20.1. The van der Waals surface area contributed by atoms with Gasteiger partial charge in [-0.05, 0) is 38.2 Å². The van der Waals surface area contributed by atoms with Crippen LogP contribution in [-0.2, 0) is 4.74 Å². The number of nitrogens with one attached hydrogen (secondary N) is 1. The second-order valence-corrected chi connectivity index (χ2v) is 6.27. The molecule has 3 heteroatoms. The van der Waals surface area contributed by atoms with Gasteiger partial charge in [0.05, 0.1) is 12.2 Å². The Bertz CT molecular complexity index is 417. The van der Waals surface area contributed by atoms with Gasteiger partial charge < -0.3 is 10.1 Å². The molecule has 0 aliphatic heterocycles. The minimum atomic E-state index is -0.203. The molecule has 0 saturated heterocycles. The predicted molar refractivity (Wildman–Crippen MR) is 80.2 cm³/mol. The maximum absolute atomic E-state index is 14.0. The van der Waals surface area contributed by atoms with E-state index in [1.54, 1.807) is 6.07 Å². The van der Waals surface area contributed by atoms with E-state index in [-0.39, 0.29) is 18.0 Å². The van der Waals surface area contributed by atoms with E-state index in [9.17, 15) is 4.39 Å². The fraction of sp³-hybridized carbons (Fsp3) is 0.647. The van der Waals surface area contributed by atoms with Crippen molar-refractivity contribution in [1.82, 2.24) is 5.32 Å². The van der Waals surface area contributed by atoms with Gasteiger partial charge in [-0.2, -0.15) is 0 Å². The Kier molecular flexibility index (Phi) is 5.55. The summed E-state index contributed by atoms with van der Waals surface area (Å²) in [6.07, 6.45) is 3.39. The van der Waals surface area contributed by atoms with Gasteiger partial charge in [-0.3, -0.25) is 0 Å². The Morgan fingerprint density at radius 3 is 2.55 bits per heavy atom. The highest BCUT2D eigenvalue weighted by molar-refractivity contribution is 5.20. The van der Waals surface area contributed by atoms with Crippen molar-refractivity contribution in [1.29, 1.82) is 0 Å². The summed E-state index contributed by atoms with van der Waals surface area (Å²) in [5.74, 6) is 0.412. The van der Waals surface area contributed by atoms with Crippen LogP contribution in [0.25, 0.3) is 0 Å². The van der Waals surface area contributed by atoms with E-state index in [4.69, 9.17) is 4.74 Å². The van der Waals surface area contributed by atoms with Gasteiger partial charge in [0.25, 0.3) is 0 Å². The van der Waals surface area contributed by atoms with Gasteiger partial charge in [-0.25, -0.2) is 4.39 Å². The third kappa shape index (κ3) is 4.88. The summed E-state index contributed by atoms with van der Waals surface area (Å²) in [5.41, 5.74) is 0.663. The van der Waals surface area contributed by atoms with Gasteiger partial charge in [0.2, 0.25) is 0 Å². The van der Waals surface area contributed by atoms with Crippen molar-refractivity contribution in [3.8, 4) is 0 Å². The molecule has 20 heavy (non-hydrogen) atoms. The zero-order valence-corrected chi connectivity index (χ0v) is 12.7. The van der Waals surface area contributed by atoms with Crippen LogP contribution in [0.2, 0.25) is 0 Å². The van der Waals surface area contributed by atoms with E-state index in [0.29, 0.717) is 24.1 Å². The van der Waals surface area contributed by atoms with Crippen molar-refractivity contribution in [3.63, 3.8) is 0 Å². The van der Waals surface area contributed by atoms with E-state index in [0.717, 1.165) is 6.42 Å². The highest BCUT2D eigenvalue weighted by Gasteiger charge is 2.25. The van der Waals surface area contributed by atoms with Crippen LogP contribution >= 0.6 is 0 Å². The van der Waals surface area contributed by atoms with Crippen LogP contribution in [0.1, 0.15) is 51.7 Å². The SMILES string of the molecule is CC(C)CC(C)OC(CNC1CC1)c1ccccc1F. The highest BCUT2D eigenvalue weighted by atomic mass is 19.1. The predicted octanol–water partition coefficient (Wildman–Crippen LogP) is 4.07. The van der Waals surface area contributed by atoms with Crippen LogP contribution in [0.3, 0.4) is 0 Å². The summed E-state index contributed by atoms with van der Waals surface area (Å²) in [7, 11) is 0. The average Bonchev–Trinajstić information content (AvgIpc) is 3.18. The molecular weight excluding hydrogens is 253 g/mol. The van der Waals surface area contributed by atoms with Crippen molar-refractivity contribution in [3.05, 3.63) is 35.6 Å². The lowest BCUT2D eigenvalue weighted by Crippen LogP contribution is -2.28. The standard InChI is InChI=1S/C17H26FNO/c1-12(2)10-13(3)20-17(11-19-14-8-9-14)15-6-4-5-7-16(15)18/h4-7,12-14,17,19H,8-11H2,1-3H3. The van der Waals surface area contributed by atoms with Crippen molar-refractivity contribution < 1.29 is 9.13 Å². The summed E-state index contributed by atoms with van der Waals surface area (Å²) >= 11 is 0.